The quantitative estimate of drug-likeness (QED) is 0.811. The summed E-state index contributed by atoms with van der Waals surface area (Å²) in [7, 11) is 1.59. The van der Waals surface area contributed by atoms with E-state index in [1.165, 1.54) is 6.92 Å². The Hall–Kier alpha value is -2.82. The number of rotatable bonds is 4. The number of hydrogen-bond donors (Lipinski definition) is 0. The van der Waals surface area contributed by atoms with Crippen molar-refractivity contribution in [3.8, 4) is 11.5 Å². The molecule has 2 aromatic carbocycles. The molecule has 2 aromatic rings. The van der Waals surface area contributed by atoms with E-state index in [0.717, 1.165) is 5.56 Å². The Kier molecular flexibility index (Phi) is 4.51. The number of benzene rings is 2. The predicted molar refractivity (Wildman–Crippen MR) is 91.0 cm³/mol. The molecule has 0 unspecified atom stereocenters. The van der Waals surface area contributed by atoms with Gasteiger partial charge in [-0.05, 0) is 31.2 Å². The van der Waals surface area contributed by atoms with Gasteiger partial charge in [-0.15, -0.1) is 0 Å². The minimum atomic E-state index is -0.0512. The topological polar surface area (TPSA) is 55.8 Å². The van der Waals surface area contributed by atoms with Gasteiger partial charge >= 0.3 is 0 Å². The third-order valence-electron chi connectivity index (χ3n) is 4.06. The Bertz CT molecular complexity index is 785. The zero-order valence-corrected chi connectivity index (χ0v) is 13.7. The van der Waals surface area contributed by atoms with Crippen LogP contribution >= 0.6 is 0 Å². The summed E-state index contributed by atoms with van der Waals surface area (Å²) in [6.07, 6.45) is 0.230. The largest absolute Gasteiger partial charge is 0.496 e. The third-order valence-corrected chi connectivity index (χ3v) is 4.06. The van der Waals surface area contributed by atoms with Gasteiger partial charge in [0, 0.05) is 11.1 Å². The van der Waals surface area contributed by atoms with Crippen molar-refractivity contribution in [3.05, 3.63) is 53.6 Å². The molecule has 0 aromatic heterocycles. The fraction of sp³-hybridized carbons (Fsp3) is 0.263. The molecule has 1 heterocycles. The molecule has 1 aliphatic rings. The lowest BCUT2D eigenvalue weighted by molar-refractivity contribution is -0.118. The zero-order chi connectivity index (χ0) is 17.1. The number of methoxy groups -OCH3 is 1. The van der Waals surface area contributed by atoms with Crippen molar-refractivity contribution in [3.63, 3.8) is 0 Å². The van der Waals surface area contributed by atoms with Crippen LogP contribution < -0.4 is 14.4 Å². The molecule has 0 saturated heterocycles. The smallest absolute Gasteiger partial charge is 0.231 e. The van der Waals surface area contributed by atoms with Crippen LogP contribution in [0.15, 0.2) is 42.5 Å². The molecule has 3 rings (SSSR count). The Morgan fingerprint density at radius 1 is 1.21 bits per heavy atom. The molecule has 0 radical (unpaired) electrons. The van der Waals surface area contributed by atoms with E-state index in [4.69, 9.17) is 9.47 Å². The summed E-state index contributed by atoms with van der Waals surface area (Å²) in [6, 6.07) is 12.6. The average molecular weight is 325 g/mol. The molecule has 0 spiro atoms. The number of carbonyl (C=O) groups excluding carboxylic acids is 2. The van der Waals surface area contributed by atoms with Gasteiger partial charge in [-0.2, -0.15) is 0 Å². The van der Waals surface area contributed by atoms with Crippen LogP contribution in [0.25, 0.3) is 0 Å². The summed E-state index contributed by atoms with van der Waals surface area (Å²) in [5.74, 6) is 1.22. The number of hydrogen-bond acceptors (Lipinski definition) is 4. The number of fused-ring (bicyclic) bond motifs is 1. The van der Waals surface area contributed by atoms with E-state index in [1.54, 1.807) is 30.2 Å². The van der Waals surface area contributed by atoms with Crippen molar-refractivity contribution >= 4 is 17.4 Å². The molecule has 0 fully saturated rings. The summed E-state index contributed by atoms with van der Waals surface area (Å²) < 4.78 is 10.9. The highest BCUT2D eigenvalue weighted by Crippen LogP contribution is 2.33. The van der Waals surface area contributed by atoms with Crippen LogP contribution in [0.2, 0.25) is 0 Å². The lowest BCUT2D eigenvalue weighted by Crippen LogP contribution is -2.39. The lowest BCUT2D eigenvalue weighted by Gasteiger charge is -2.30. The van der Waals surface area contributed by atoms with Crippen molar-refractivity contribution in [1.82, 2.24) is 0 Å². The van der Waals surface area contributed by atoms with Crippen molar-refractivity contribution in [2.24, 2.45) is 0 Å². The summed E-state index contributed by atoms with van der Waals surface area (Å²) in [5.41, 5.74) is 2.05. The maximum Gasteiger partial charge on any atom is 0.231 e. The summed E-state index contributed by atoms with van der Waals surface area (Å²) in [6.45, 7) is 2.40. The summed E-state index contributed by atoms with van der Waals surface area (Å²) in [4.78, 5) is 26.1. The molecule has 0 aliphatic carbocycles. The fourth-order valence-corrected chi connectivity index (χ4v) is 2.80. The van der Waals surface area contributed by atoms with Gasteiger partial charge in [0.25, 0.3) is 0 Å². The van der Waals surface area contributed by atoms with Gasteiger partial charge < -0.3 is 14.4 Å². The van der Waals surface area contributed by atoms with Gasteiger partial charge in [0.15, 0.2) is 5.78 Å². The maximum absolute atomic E-state index is 12.8. The van der Waals surface area contributed by atoms with Crippen LogP contribution in [-0.4, -0.2) is 32.0 Å². The minimum Gasteiger partial charge on any atom is -0.496 e. The number of amides is 1. The molecule has 0 saturated carbocycles. The van der Waals surface area contributed by atoms with E-state index >= 15 is 0 Å². The second-order valence-electron chi connectivity index (χ2n) is 5.62. The molecule has 24 heavy (non-hydrogen) atoms. The summed E-state index contributed by atoms with van der Waals surface area (Å²) in [5, 5.41) is 0. The molecular weight excluding hydrogens is 306 g/mol. The van der Waals surface area contributed by atoms with E-state index in [1.807, 2.05) is 24.3 Å². The molecule has 124 valence electrons. The Labute approximate surface area is 140 Å². The summed E-state index contributed by atoms with van der Waals surface area (Å²) >= 11 is 0. The molecule has 1 amide bonds. The standard InChI is InChI=1S/C19H19NO4/c1-13(21)14-7-8-18-16(11-14)20(9-10-24-18)19(22)12-15-5-3-4-6-17(15)23-2/h3-8,11H,9-10,12H2,1-2H3. The van der Waals surface area contributed by atoms with Crippen LogP contribution in [0.1, 0.15) is 22.8 Å². The van der Waals surface area contributed by atoms with E-state index in [9.17, 15) is 9.59 Å². The van der Waals surface area contributed by atoms with Crippen molar-refractivity contribution < 1.29 is 19.1 Å². The van der Waals surface area contributed by atoms with E-state index in [0.29, 0.717) is 35.9 Å². The highest BCUT2D eigenvalue weighted by molar-refractivity contribution is 6.00. The second-order valence-corrected chi connectivity index (χ2v) is 5.62. The van der Waals surface area contributed by atoms with Crippen LogP contribution in [-0.2, 0) is 11.2 Å². The normalized spacial score (nSPS) is 13.0. The van der Waals surface area contributed by atoms with Crippen molar-refractivity contribution in [1.29, 1.82) is 0 Å². The Morgan fingerprint density at radius 2 is 2.00 bits per heavy atom. The number of para-hydroxylation sites is 1. The first-order valence-corrected chi connectivity index (χ1v) is 7.80. The van der Waals surface area contributed by atoms with Crippen molar-refractivity contribution in [2.75, 3.05) is 25.2 Å². The van der Waals surface area contributed by atoms with Gasteiger partial charge in [0.2, 0.25) is 5.91 Å². The SMILES string of the molecule is COc1ccccc1CC(=O)N1CCOc2ccc(C(C)=O)cc21. The molecule has 1 aliphatic heterocycles. The Morgan fingerprint density at radius 3 is 2.75 bits per heavy atom. The van der Waals surface area contributed by atoms with Crippen LogP contribution in [0.4, 0.5) is 5.69 Å². The third kappa shape index (κ3) is 3.11. The number of Topliss-reactive ketones (excluding diaryl/α,β-unsaturated/α-hetero) is 1. The first kappa shape index (κ1) is 16.1. The lowest BCUT2D eigenvalue weighted by atomic mass is 10.1. The number of ketones is 1. The van der Waals surface area contributed by atoms with Gasteiger partial charge in [0.05, 0.1) is 25.8 Å². The number of ether oxygens (including phenoxy) is 2. The first-order chi connectivity index (χ1) is 11.6. The van der Waals surface area contributed by atoms with E-state index in [-0.39, 0.29) is 18.1 Å². The van der Waals surface area contributed by atoms with Crippen LogP contribution in [0.5, 0.6) is 11.5 Å². The predicted octanol–water partition coefficient (Wildman–Crippen LogP) is 2.87. The van der Waals surface area contributed by atoms with Gasteiger partial charge in [0.1, 0.15) is 18.1 Å². The molecule has 5 nitrogen and oxygen atoms in total. The molecule has 0 atom stereocenters. The molecule has 0 bridgehead atoms. The zero-order valence-electron chi connectivity index (χ0n) is 13.7. The number of anilines is 1. The highest BCUT2D eigenvalue weighted by atomic mass is 16.5. The van der Waals surface area contributed by atoms with Crippen molar-refractivity contribution in [2.45, 2.75) is 13.3 Å². The Balaban J connectivity index is 1.89. The number of carbonyl (C=O) groups is 2. The molecule has 5 heteroatoms. The fourth-order valence-electron chi connectivity index (χ4n) is 2.80. The monoisotopic (exact) mass is 325 g/mol. The van der Waals surface area contributed by atoms with E-state index in [2.05, 4.69) is 0 Å². The second kappa shape index (κ2) is 6.74. The van der Waals surface area contributed by atoms with E-state index < -0.39 is 0 Å². The molecular formula is C19H19NO4. The van der Waals surface area contributed by atoms with Crippen LogP contribution in [0, 0.1) is 0 Å². The number of nitrogens with zero attached hydrogens (tertiary/aromatic N) is 1. The van der Waals surface area contributed by atoms with Crippen LogP contribution in [0.3, 0.4) is 0 Å². The minimum absolute atomic E-state index is 0.0412. The van der Waals surface area contributed by atoms with Gasteiger partial charge in [-0.25, -0.2) is 0 Å². The highest BCUT2D eigenvalue weighted by Gasteiger charge is 2.25. The first-order valence-electron chi connectivity index (χ1n) is 7.80. The molecule has 0 N–H and O–H groups in total. The van der Waals surface area contributed by atoms with Gasteiger partial charge in [-0.3, -0.25) is 9.59 Å². The maximum atomic E-state index is 12.8. The van der Waals surface area contributed by atoms with Gasteiger partial charge in [-0.1, -0.05) is 18.2 Å². The average Bonchev–Trinajstić information content (AvgIpc) is 2.61.